The Bertz CT molecular complexity index is 3930. The Labute approximate surface area is 432 Å². The second-order valence-corrected chi connectivity index (χ2v) is 18.7. The summed E-state index contributed by atoms with van der Waals surface area (Å²) in [5, 5.41) is 14.0. The van der Waals surface area contributed by atoms with E-state index in [0.29, 0.717) is 126 Å². The van der Waals surface area contributed by atoms with E-state index in [2.05, 4.69) is 65.9 Å². The summed E-state index contributed by atoms with van der Waals surface area (Å²) in [4.78, 5) is 55.0. The van der Waals surface area contributed by atoms with Gasteiger partial charge in [0.25, 0.3) is 0 Å². The molecule has 0 fully saturated rings. The summed E-state index contributed by atoms with van der Waals surface area (Å²) in [6.45, 7) is 14.4. The van der Waals surface area contributed by atoms with Crippen molar-refractivity contribution in [2.24, 2.45) is 0 Å². The van der Waals surface area contributed by atoms with E-state index in [4.69, 9.17) is 0 Å². The number of fused-ring (bicyclic) bond motifs is 6. The van der Waals surface area contributed by atoms with Crippen molar-refractivity contribution in [3.63, 3.8) is 0 Å². The summed E-state index contributed by atoms with van der Waals surface area (Å²) in [5.74, 6) is 6.21. The number of nitriles is 1. The summed E-state index contributed by atoms with van der Waals surface area (Å²) < 4.78 is 51.1. The quantitative estimate of drug-likeness (QED) is 0.147. The van der Waals surface area contributed by atoms with Crippen LogP contribution < -0.4 is 0 Å². The van der Waals surface area contributed by atoms with Crippen LogP contribution in [0.3, 0.4) is 0 Å². The Morgan fingerprint density at radius 1 is 0.382 bits per heavy atom. The number of halogens is 3. The maximum Gasteiger partial charge on any atom is 0.417 e. The highest BCUT2D eigenvalue weighted by molar-refractivity contribution is 6.14. The Kier molecular flexibility index (Phi) is 11.0. The van der Waals surface area contributed by atoms with Gasteiger partial charge in [0.15, 0.2) is 23.3 Å². The third kappa shape index (κ3) is 8.18. The predicted octanol–water partition coefficient (Wildman–Crippen LogP) is 12.3. The van der Waals surface area contributed by atoms with E-state index in [0.717, 1.165) is 27.6 Å². The lowest BCUT2D eigenvalue weighted by Crippen LogP contribution is -2.11. The SMILES string of the molecule is Cc1nc(C)nc(-c2ccc3c(c2)c2cc(-c4nc(C)nc(C)n4)ccc2n3-c2cc(C#N)cc(-n3c4ccc(-c5nc(C)nc(C)n5)cc4c4cc(-c5nc(C)nc(C)n5)ccc43)c2-c2ccccc2C(F)(F)F)n1. The van der Waals surface area contributed by atoms with Gasteiger partial charge in [-0.05, 0) is 152 Å². The third-order valence-electron chi connectivity index (χ3n) is 13.2. The molecule has 0 radical (unpaired) electrons. The average molecular weight is 1010 g/mol. The van der Waals surface area contributed by atoms with Crippen LogP contribution in [0.15, 0.2) is 109 Å². The lowest BCUT2D eigenvalue weighted by atomic mass is 9.94. The molecule has 18 heteroatoms. The molecule has 0 unspecified atom stereocenters. The zero-order valence-corrected chi connectivity index (χ0v) is 42.2. The molecule has 76 heavy (non-hydrogen) atoms. The topological polar surface area (TPSA) is 188 Å². The fourth-order valence-corrected chi connectivity index (χ4v) is 10.4. The molecule has 6 heterocycles. The van der Waals surface area contributed by atoms with Crippen molar-refractivity contribution in [3.8, 4) is 74.1 Å². The summed E-state index contributed by atoms with van der Waals surface area (Å²) in [5.41, 5.74) is 5.41. The number of benzene rings is 6. The lowest BCUT2D eigenvalue weighted by Gasteiger charge is -2.23. The molecule has 0 aliphatic heterocycles. The van der Waals surface area contributed by atoms with Gasteiger partial charge in [0.2, 0.25) is 0 Å². The standard InChI is InChI=1S/C58H42F3N15/c1-28-63-29(2)68-54(67-28)37-13-17-47-42(23-37)43-24-38(55-69-30(3)64-31(4)70-55)14-18-48(43)75(47)51-21-36(27-62)22-52(53(51)41-11-9-10-12-46(41)58(59,60)61)76-49-19-15-39(56-71-32(5)65-33(6)72-56)25-44(49)45-26-40(16-20-50(45)76)57-73-34(7)66-35(8)74-57/h9-26H,1-8H3. The van der Waals surface area contributed by atoms with Gasteiger partial charge in [-0.15, -0.1) is 0 Å². The van der Waals surface area contributed by atoms with Crippen molar-refractivity contribution in [2.45, 2.75) is 61.6 Å². The highest BCUT2D eigenvalue weighted by Crippen LogP contribution is 2.47. The molecule has 0 saturated carbocycles. The highest BCUT2D eigenvalue weighted by Gasteiger charge is 2.36. The number of rotatable bonds is 7. The largest absolute Gasteiger partial charge is 0.417 e. The molecule has 12 rings (SSSR count). The van der Waals surface area contributed by atoms with Gasteiger partial charge in [-0.3, -0.25) is 0 Å². The second kappa shape index (κ2) is 17.7. The summed E-state index contributed by atoms with van der Waals surface area (Å²) in [7, 11) is 0. The molecule has 0 spiro atoms. The molecule has 370 valence electrons. The summed E-state index contributed by atoms with van der Waals surface area (Å²) >= 11 is 0. The molecule has 0 bridgehead atoms. The van der Waals surface area contributed by atoms with Gasteiger partial charge in [-0.25, -0.2) is 59.8 Å². The molecular formula is C58H42F3N15. The molecule has 12 aromatic rings. The number of aromatic nitrogens is 14. The van der Waals surface area contributed by atoms with Crippen LogP contribution in [0.2, 0.25) is 0 Å². The van der Waals surface area contributed by atoms with Crippen LogP contribution in [0.1, 0.15) is 57.7 Å². The number of hydrogen-bond acceptors (Lipinski definition) is 13. The molecule has 0 aliphatic carbocycles. The van der Waals surface area contributed by atoms with Crippen LogP contribution in [0.4, 0.5) is 13.2 Å². The van der Waals surface area contributed by atoms with Gasteiger partial charge < -0.3 is 9.13 Å². The normalized spacial score (nSPS) is 11.9. The van der Waals surface area contributed by atoms with Gasteiger partial charge >= 0.3 is 6.18 Å². The van der Waals surface area contributed by atoms with Gasteiger partial charge in [-0.2, -0.15) is 18.4 Å². The Balaban J connectivity index is 1.22. The smallest absolute Gasteiger partial charge is 0.308 e. The van der Waals surface area contributed by atoms with E-state index < -0.39 is 11.7 Å². The van der Waals surface area contributed by atoms with Crippen molar-refractivity contribution in [1.82, 2.24) is 68.9 Å². The first-order valence-corrected chi connectivity index (χ1v) is 24.2. The molecule has 0 saturated heterocycles. The maximum atomic E-state index is 15.8. The van der Waals surface area contributed by atoms with E-state index in [1.54, 1.807) is 73.6 Å². The van der Waals surface area contributed by atoms with E-state index in [1.807, 2.05) is 81.9 Å². The first-order valence-electron chi connectivity index (χ1n) is 24.2. The van der Waals surface area contributed by atoms with E-state index in [9.17, 15) is 5.26 Å². The first kappa shape index (κ1) is 47.3. The number of hydrogen-bond donors (Lipinski definition) is 0. The summed E-state index contributed by atoms with van der Waals surface area (Å²) in [6, 6.07) is 34.3. The minimum atomic E-state index is -4.79. The molecule has 0 aliphatic rings. The van der Waals surface area contributed by atoms with Crippen molar-refractivity contribution >= 4 is 43.6 Å². The monoisotopic (exact) mass is 1010 g/mol. The molecule has 15 nitrogen and oxygen atoms in total. The van der Waals surface area contributed by atoms with E-state index in [1.165, 1.54) is 12.1 Å². The number of aryl methyl sites for hydroxylation is 8. The average Bonchev–Trinajstić information content (AvgIpc) is 3.97. The fraction of sp³-hybridized carbons (Fsp3) is 0.155. The Morgan fingerprint density at radius 3 is 0.947 bits per heavy atom. The molecule has 6 aromatic heterocycles. The maximum absolute atomic E-state index is 15.8. The van der Waals surface area contributed by atoms with Crippen LogP contribution >= 0.6 is 0 Å². The van der Waals surface area contributed by atoms with Crippen LogP contribution in [0.25, 0.3) is 112 Å². The first-order chi connectivity index (χ1) is 36.5. The molecule has 0 N–H and O–H groups in total. The Hall–Kier alpha value is -9.76. The molecule has 0 atom stereocenters. The minimum absolute atomic E-state index is 0.101. The van der Waals surface area contributed by atoms with Crippen molar-refractivity contribution < 1.29 is 13.2 Å². The van der Waals surface area contributed by atoms with Crippen LogP contribution in [0.5, 0.6) is 0 Å². The third-order valence-corrected chi connectivity index (χ3v) is 13.2. The van der Waals surface area contributed by atoms with Crippen LogP contribution in [-0.2, 0) is 6.18 Å². The fourth-order valence-electron chi connectivity index (χ4n) is 10.4. The van der Waals surface area contributed by atoms with Crippen molar-refractivity contribution in [2.75, 3.05) is 0 Å². The number of alkyl halides is 3. The highest BCUT2D eigenvalue weighted by atomic mass is 19.4. The van der Waals surface area contributed by atoms with E-state index >= 15 is 13.2 Å². The molecule has 0 amide bonds. The zero-order chi connectivity index (χ0) is 52.9. The van der Waals surface area contributed by atoms with Gasteiger partial charge in [0.1, 0.15) is 46.6 Å². The Morgan fingerprint density at radius 2 is 0.671 bits per heavy atom. The van der Waals surface area contributed by atoms with Crippen molar-refractivity contribution in [1.29, 1.82) is 5.26 Å². The molecule has 6 aromatic carbocycles. The van der Waals surface area contributed by atoms with Gasteiger partial charge in [-0.1, -0.05) is 18.2 Å². The summed E-state index contributed by atoms with van der Waals surface area (Å²) in [6.07, 6.45) is -4.79. The van der Waals surface area contributed by atoms with Crippen molar-refractivity contribution in [3.05, 3.63) is 167 Å². The number of nitrogens with zero attached hydrogens (tertiary/aromatic N) is 15. The van der Waals surface area contributed by atoms with Crippen LogP contribution in [0, 0.1) is 66.7 Å². The minimum Gasteiger partial charge on any atom is -0.308 e. The molecular weight excluding hydrogens is 964 g/mol. The second-order valence-electron chi connectivity index (χ2n) is 18.7. The zero-order valence-electron chi connectivity index (χ0n) is 42.2. The predicted molar refractivity (Wildman–Crippen MR) is 283 cm³/mol. The lowest BCUT2D eigenvalue weighted by molar-refractivity contribution is -0.137. The van der Waals surface area contributed by atoms with E-state index in [-0.39, 0.29) is 16.7 Å². The van der Waals surface area contributed by atoms with Gasteiger partial charge in [0.05, 0.1) is 50.6 Å². The van der Waals surface area contributed by atoms with Crippen LogP contribution in [-0.4, -0.2) is 68.9 Å². The van der Waals surface area contributed by atoms with Gasteiger partial charge in [0, 0.05) is 49.4 Å².